The molecule has 0 fully saturated rings. The van der Waals surface area contributed by atoms with Crippen molar-refractivity contribution < 1.29 is 17.9 Å². The molecule has 1 amide bonds. The molecule has 1 atom stereocenters. The van der Waals surface area contributed by atoms with Crippen LogP contribution in [0.2, 0.25) is 0 Å². The molecule has 1 heterocycles. The van der Waals surface area contributed by atoms with Crippen LogP contribution in [-0.4, -0.2) is 33.2 Å². The van der Waals surface area contributed by atoms with Crippen molar-refractivity contribution in [1.82, 2.24) is 5.32 Å². The maximum atomic E-state index is 12.5. The summed E-state index contributed by atoms with van der Waals surface area (Å²) < 4.78 is 31.4. The Morgan fingerprint density at radius 1 is 1.15 bits per heavy atom. The lowest BCUT2D eigenvalue weighted by Crippen LogP contribution is -2.50. The third-order valence-electron chi connectivity index (χ3n) is 4.26. The zero-order valence-corrected chi connectivity index (χ0v) is 15.8. The first-order chi connectivity index (χ1) is 12.2. The molecule has 138 valence electrons. The van der Waals surface area contributed by atoms with Gasteiger partial charge in [-0.1, -0.05) is 35.9 Å². The van der Waals surface area contributed by atoms with E-state index in [9.17, 15) is 13.2 Å². The molecule has 2 aromatic carbocycles. The number of fused-ring (bicyclic) bond motifs is 1. The smallest absolute Gasteiger partial charge is 0.263 e. The first kappa shape index (κ1) is 18.3. The second-order valence-electron chi connectivity index (χ2n) is 6.58. The zero-order valence-electron chi connectivity index (χ0n) is 15.0. The van der Waals surface area contributed by atoms with Crippen LogP contribution in [0.5, 0.6) is 5.75 Å². The highest BCUT2D eigenvalue weighted by molar-refractivity contribution is 7.92. The van der Waals surface area contributed by atoms with E-state index < -0.39 is 16.1 Å². The predicted octanol–water partition coefficient (Wildman–Crippen LogP) is 2.15. The fourth-order valence-electron chi connectivity index (χ4n) is 2.82. The average molecular weight is 374 g/mol. The Hall–Kier alpha value is -2.54. The first-order valence-electron chi connectivity index (χ1n) is 8.32. The van der Waals surface area contributed by atoms with Gasteiger partial charge in [0.1, 0.15) is 5.75 Å². The van der Waals surface area contributed by atoms with E-state index in [1.807, 2.05) is 44.2 Å². The van der Waals surface area contributed by atoms with Gasteiger partial charge in [0.25, 0.3) is 5.91 Å². The summed E-state index contributed by atoms with van der Waals surface area (Å²) in [7, 11) is -3.52. The highest BCUT2D eigenvalue weighted by Crippen LogP contribution is 2.35. The van der Waals surface area contributed by atoms with Crippen molar-refractivity contribution in [1.29, 1.82) is 0 Å². The third-order valence-corrected chi connectivity index (χ3v) is 5.41. The number of amides is 1. The van der Waals surface area contributed by atoms with Gasteiger partial charge in [0.15, 0.2) is 6.10 Å². The number of hydrogen-bond acceptors (Lipinski definition) is 4. The third kappa shape index (κ3) is 3.99. The molecule has 0 saturated carbocycles. The molecule has 2 aromatic rings. The number of benzene rings is 2. The number of nitrogens with zero attached hydrogens (tertiary/aromatic N) is 1. The monoisotopic (exact) mass is 374 g/mol. The summed E-state index contributed by atoms with van der Waals surface area (Å²) in [5.41, 5.74) is 3.50. The van der Waals surface area contributed by atoms with Gasteiger partial charge in [-0.05, 0) is 37.1 Å². The number of nitrogens with one attached hydrogen (secondary N) is 1. The lowest BCUT2D eigenvalue weighted by atomic mass is 10.1. The number of hydrogen-bond donors (Lipinski definition) is 1. The fraction of sp³-hybridized carbons (Fsp3) is 0.316. The largest absolute Gasteiger partial charge is 0.476 e. The predicted molar refractivity (Wildman–Crippen MR) is 101 cm³/mol. The van der Waals surface area contributed by atoms with Crippen LogP contribution in [0.15, 0.2) is 42.5 Å². The number of rotatable bonds is 4. The van der Waals surface area contributed by atoms with Crippen LogP contribution in [-0.2, 0) is 21.4 Å². The Balaban J connectivity index is 1.77. The fourth-order valence-corrected chi connectivity index (χ4v) is 3.73. The van der Waals surface area contributed by atoms with Crippen molar-refractivity contribution in [2.45, 2.75) is 26.5 Å². The summed E-state index contributed by atoms with van der Waals surface area (Å²) in [5.74, 6) is 0.0493. The molecule has 0 saturated heterocycles. The molecule has 1 aliphatic heterocycles. The van der Waals surface area contributed by atoms with Crippen molar-refractivity contribution in [3.8, 4) is 5.75 Å². The molecular formula is C19H22N2O4S. The van der Waals surface area contributed by atoms with E-state index in [2.05, 4.69) is 5.32 Å². The van der Waals surface area contributed by atoms with Crippen molar-refractivity contribution in [3.05, 3.63) is 59.2 Å². The SMILES string of the molecule is Cc1ccc(CNC(=O)C2CN(S(C)(=O)=O)c3cc(C)ccc3O2)cc1. The standard InChI is InChI=1S/C19H22N2O4S/c1-13-4-7-15(8-5-13)11-20-19(22)18-12-21(26(3,23)24)16-10-14(2)6-9-17(16)25-18/h4-10,18H,11-12H2,1-3H3,(H,20,22). The highest BCUT2D eigenvalue weighted by atomic mass is 32.2. The van der Waals surface area contributed by atoms with E-state index in [1.165, 1.54) is 4.31 Å². The Bertz CT molecular complexity index is 923. The minimum absolute atomic E-state index is 0.0466. The van der Waals surface area contributed by atoms with Crippen molar-refractivity contribution >= 4 is 21.6 Å². The van der Waals surface area contributed by atoms with Gasteiger partial charge in [-0.25, -0.2) is 8.42 Å². The van der Waals surface area contributed by atoms with Crippen LogP contribution in [0, 0.1) is 13.8 Å². The molecule has 0 aliphatic carbocycles. The van der Waals surface area contributed by atoms with E-state index in [-0.39, 0.29) is 12.5 Å². The van der Waals surface area contributed by atoms with Gasteiger partial charge in [-0.15, -0.1) is 0 Å². The quantitative estimate of drug-likeness (QED) is 0.890. The van der Waals surface area contributed by atoms with Gasteiger partial charge >= 0.3 is 0 Å². The Morgan fingerprint density at radius 3 is 2.46 bits per heavy atom. The number of anilines is 1. The Kier molecular flexibility index (Phi) is 4.91. The molecule has 0 radical (unpaired) electrons. The molecular weight excluding hydrogens is 352 g/mol. The van der Waals surface area contributed by atoms with E-state index in [0.717, 1.165) is 22.9 Å². The molecule has 1 aliphatic rings. The number of carbonyl (C=O) groups excluding carboxylic acids is 1. The molecule has 3 rings (SSSR count). The van der Waals surface area contributed by atoms with Gasteiger partial charge in [0, 0.05) is 6.54 Å². The first-order valence-corrected chi connectivity index (χ1v) is 10.2. The molecule has 0 bridgehead atoms. The summed E-state index contributed by atoms with van der Waals surface area (Å²) in [4.78, 5) is 12.5. The number of carbonyl (C=O) groups is 1. The summed E-state index contributed by atoms with van der Waals surface area (Å²) >= 11 is 0. The molecule has 1 N–H and O–H groups in total. The van der Waals surface area contributed by atoms with Gasteiger partial charge in [-0.3, -0.25) is 9.10 Å². The van der Waals surface area contributed by atoms with Crippen LogP contribution in [0.4, 0.5) is 5.69 Å². The maximum absolute atomic E-state index is 12.5. The number of ether oxygens (including phenoxy) is 1. The van der Waals surface area contributed by atoms with Gasteiger partial charge < -0.3 is 10.1 Å². The molecule has 0 spiro atoms. The van der Waals surface area contributed by atoms with E-state index >= 15 is 0 Å². The molecule has 1 unspecified atom stereocenters. The van der Waals surface area contributed by atoms with Gasteiger partial charge in [0.2, 0.25) is 10.0 Å². The molecule has 0 aromatic heterocycles. The second kappa shape index (κ2) is 6.99. The summed E-state index contributed by atoms with van der Waals surface area (Å²) in [6.07, 6.45) is 0.233. The minimum Gasteiger partial charge on any atom is -0.476 e. The normalized spacial score (nSPS) is 16.6. The Morgan fingerprint density at radius 2 is 1.81 bits per heavy atom. The van der Waals surface area contributed by atoms with Crippen molar-refractivity contribution in [3.63, 3.8) is 0 Å². The minimum atomic E-state index is -3.52. The second-order valence-corrected chi connectivity index (χ2v) is 8.48. The lowest BCUT2D eigenvalue weighted by Gasteiger charge is -2.34. The molecule has 6 nitrogen and oxygen atoms in total. The highest BCUT2D eigenvalue weighted by Gasteiger charge is 2.34. The van der Waals surface area contributed by atoms with E-state index in [4.69, 9.17) is 4.74 Å². The maximum Gasteiger partial charge on any atom is 0.263 e. The van der Waals surface area contributed by atoms with Gasteiger partial charge in [-0.2, -0.15) is 0 Å². The summed E-state index contributed by atoms with van der Waals surface area (Å²) in [6.45, 7) is 4.19. The van der Waals surface area contributed by atoms with E-state index in [0.29, 0.717) is 18.0 Å². The van der Waals surface area contributed by atoms with Crippen LogP contribution in [0.3, 0.4) is 0 Å². The van der Waals surface area contributed by atoms with Crippen LogP contribution >= 0.6 is 0 Å². The van der Waals surface area contributed by atoms with Crippen LogP contribution in [0.25, 0.3) is 0 Å². The summed E-state index contributed by atoms with van der Waals surface area (Å²) in [5, 5.41) is 2.82. The Labute approximate surface area is 153 Å². The van der Waals surface area contributed by atoms with Crippen molar-refractivity contribution in [2.75, 3.05) is 17.1 Å². The average Bonchev–Trinajstić information content (AvgIpc) is 2.59. The molecule has 7 heteroatoms. The van der Waals surface area contributed by atoms with Crippen LogP contribution < -0.4 is 14.4 Å². The van der Waals surface area contributed by atoms with E-state index in [1.54, 1.807) is 12.1 Å². The lowest BCUT2D eigenvalue weighted by molar-refractivity contribution is -0.127. The van der Waals surface area contributed by atoms with Crippen molar-refractivity contribution in [2.24, 2.45) is 0 Å². The zero-order chi connectivity index (χ0) is 18.9. The van der Waals surface area contributed by atoms with Crippen LogP contribution in [0.1, 0.15) is 16.7 Å². The number of sulfonamides is 1. The number of aryl methyl sites for hydroxylation is 2. The summed E-state index contributed by atoms with van der Waals surface area (Å²) in [6, 6.07) is 13.1. The molecule has 26 heavy (non-hydrogen) atoms. The topological polar surface area (TPSA) is 75.7 Å². The van der Waals surface area contributed by atoms with Gasteiger partial charge in [0.05, 0.1) is 18.5 Å².